The highest BCUT2D eigenvalue weighted by Gasteiger charge is 2.18. The Labute approximate surface area is 163 Å². The third-order valence-corrected chi connectivity index (χ3v) is 4.00. The maximum absolute atomic E-state index is 12.4. The number of para-hydroxylation sites is 2. The lowest BCUT2D eigenvalue weighted by Gasteiger charge is -2.11. The van der Waals surface area contributed by atoms with Crippen LogP contribution in [0.1, 0.15) is 26.3 Å². The van der Waals surface area contributed by atoms with Crippen molar-refractivity contribution in [3.05, 3.63) is 95.6 Å². The lowest BCUT2D eigenvalue weighted by Crippen LogP contribution is -2.16. The van der Waals surface area contributed by atoms with Crippen molar-refractivity contribution in [3.63, 3.8) is 0 Å². The second kappa shape index (κ2) is 9.37. The van der Waals surface area contributed by atoms with Crippen molar-refractivity contribution >= 4 is 11.9 Å². The first-order valence-corrected chi connectivity index (χ1v) is 8.87. The number of hydrogen-bond donors (Lipinski definition) is 0. The first kappa shape index (κ1) is 19.2. The summed E-state index contributed by atoms with van der Waals surface area (Å²) in [4.78, 5) is 24.8. The third-order valence-electron chi connectivity index (χ3n) is 4.00. The molecule has 3 aromatic rings. The molecule has 0 atom stereocenters. The zero-order chi connectivity index (χ0) is 19.8. The molecule has 5 heteroatoms. The fourth-order valence-electron chi connectivity index (χ4n) is 2.57. The molecule has 3 rings (SSSR count). The van der Waals surface area contributed by atoms with Crippen LogP contribution in [0.4, 0.5) is 0 Å². The van der Waals surface area contributed by atoms with Gasteiger partial charge in [-0.1, -0.05) is 48.5 Å². The van der Waals surface area contributed by atoms with Gasteiger partial charge in [0.15, 0.2) is 0 Å². The van der Waals surface area contributed by atoms with Gasteiger partial charge in [0, 0.05) is 0 Å². The van der Waals surface area contributed by atoms with Crippen molar-refractivity contribution in [2.75, 3.05) is 13.2 Å². The lowest BCUT2D eigenvalue weighted by molar-refractivity contribution is 0.0445. The molecular weight excluding hydrogens is 356 g/mol. The Hall–Kier alpha value is -3.60. The third kappa shape index (κ3) is 4.98. The fourth-order valence-corrected chi connectivity index (χ4v) is 2.57. The van der Waals surface area contributed by atoms with Gasteiger partial charge < -0.3 is 14.2 Å². The summed E-state index contributed by atoms with van der Waals surface area (Å²) in [6.07, 6.45) is 0. The van der Waals surface area contributed by atoms with E-state index < -0.39 is 11.9 Å². The zero-order valence-corrected chi connectivity index (χ0v) is 15.5. The Morgan fingerprint density at radius 2 is 1.36 bits per heavy atom. The quantitative estimate of drug-likeness (QED) is 0.346. The largest absolute Gasteiger partial charge is 0.490 e. The molecule has 0 N–H and O–H groups in total. The Morgan fingerprint density at radius 1 is 0.714 bits per heavy atom. The van der Waals surface area contributed by atoms with E-state index in [0.717, 1.165) is 5.56 Å². The van der Waals surface area contributed by atoms with Crippen LogP contribution in [0.2, 0.25) is 0 Å². The summed E-state index contributed by atoms with van der Waals surface area (Å²) in [5, 5.41) is 0. The Bertz CT molecular complexity index is 950. The van der Waals surface area contributed by atoms with Crippen LogP contribution >= 0.6 is 0 Å². The van der Waals surface area contributed by atoms with Gasteiger partial charge in [-0.15, -0.1) is 0 Å². The second-order valence-corrected chi connectivity index (χ2v) is 6.00. The van der Waals surface area contributed by atoms with Crippen LogP contribution < -0.4 is 9.47 Å². The number of carbonyl (C=O) groups is 2. The predicted molar refractivity (Wildman–Crippen MR) is 105 cm³/mol. The van der Waals surface area contributed by atoms with E-state index in [1.807, 2.05) is 49.4 Å². The average molecular weight is 376 g/mol. The Balaban J connectivity index is 1.60. The van der Waals surface area contributed by atoms with E-state index in [-0.39, 0.29) is 24.5 Å². The molecule has 28 heavy (non-hydrogen) atoms. The number of benzene rings is 3. The van der Waals surface area contributed by atoms with Gasteiger partial charge >= 0.3 is 11.9 Å². The van der Waals surface area contributed by atoms with E-state index in [1.54, 1.807) is 36.4 Å². The van der Waals surface area contributed by atoms with E-state index in [1.165, 1.54) is 0 Å². The Kier molecular flexibility index (Phi) is 6.41. The minimum Gasteiger partial charge on any atom is -0.490 e. The van der Waals surface area contributed by atoms with Gasteiger partial charge in [-0.25, -0.2) is 9.59 Å². The van der Waals surface area contributed by atoms with Crippen LogP contribution in [0.15, 0.2) is 78.9 Å². The molecule has 0 aromatic heterocycles. The van der Waals surface area contributed by atoms with Gasteiger partial charge in [0.1, 0.15) is 30.3 Å². The number of carbonyl (C=O) groups excluding carboxylic acids is 2. The van der Waals surface area contributed by atoms with Crippen molar-refractivity contribution in [1.29, 1.82) is 0 Å². The van der Waals surface area contributed by atoms with Crippen LogP contribution in [0.5, 0.6) is 11.5 Å². The van der Waals surface area contributed by atoms with E-state index in [4.69, 9.17) is 14.2 Å². The molecule has 0 aliphatic carbocycles. The molecule has 5 nitrogen and oxygen atoms in total. The molecule has 0 unspecified atom stereocenters. The lowest BCUT2D eigenvalue weighted by atomic mass is 10.1. The molecule has 0 radical (unpaired) electrons. The molecular formula is C23H20O5. The summed E-state index contributed by atoms with van der Waals surface area (Å²) in [6.45, 7) is 2.12. The first-order valence-electron chi connectivity index (χ1n) is 8.87. The van der Waals surface area contributed by atoms with Crippen LogP contribution in [0, 0.1) is 6.92 Å². The molecule has 142 valence electrons. The highest BCUT2D eigenvalue weighted by atomic mass is 16.6. The molecule has 0 fully saturated rings. The summed E-state index contributed by atoms with van der Waals surface area (Å²) in [5.74, 6) is -0.244. The van der Waals surface area contributed by atoms with Gasteiger partial charge in [-0.05, 0) is 42.8 Å². The average Bonchev–Trinajstić information content (AvgIpc) is 2.72. The first-order chi connectivity index (χ1) is 13.6. The molecule has 0 heterocycles. The molecule has 0 saturated carbocycles. The molecule has 0 saturated heterocycles. The summed E-state index contributed by atoms with van der Waals surface area (Å²) < 4.78 is 16.2. The minimum absolute atomic E-state index is 0.0772. The second-order valence-electron chi connectivity index (χ2n) is 6.00. The molecule has 0 amide bonds. The highest BCUT2D eigenvalue weighted by Crippen LogP contribution is 2.21. The standard InChI is InChI=1S/C23H20O5/c1-17-9-5-6-12-19(17)23(25)28-21-14-8-7-13-20(21)22(24)27-16-15-26-18-10-3-2-4-11-18/h2-14H,15-16H2,1H3. The molecule has 0 bridgehead atoms. The van der Waals surface area contributed by atoms with Gasteiger partial charge in [-0.2, -0.15) is 0 Å². The van der Waals surface area contributed by atoms with Crippen LogP contribution in [0.3, 0.4) is 0 Å². The summed E-state index contributed by atoms with van der Waals surface area (Å²) >= 11 is 0. The topological polar surface area (TPSA) is 61.8 Å². The van der Waals surface area contributed by atoms with Gasteiger partial charge in [0.2, 0.25) is 0 Å². The van der Waals surface area contributed by atoms with Crippen molar-refractivity contribution in [3.8, 4) is 11.5 Å². The van der Waals surface area contributed by atoms with Crippen LogP contribution in [-0.2, 0) is 4.74 Å². The maximum atomic E-state index is 12.4. The van der Waals surface area contributed by atoms with Crippen molar-refractivity contribution in [2.24, 2.45) is 0 Å². The molecule has 0 aliphatic heterocycles. The van der Waals surface area contributed by atoms with E-state index in [9.17, 15) is 9.59 Å². The van der Waals surface area contributed by atoms with E-state index in [2.05, 4.69) is 0 Å². The fraction of sp³-hybridized carbons (Fsp3) is 0.130. The van der Waals surface area contributed by atoms with Gasteiger partial charge in [0.25, 0.3) is 0 Å². The van der Waals surface area contributed by atoms with Gasteiger partial charge in [0.05, 0.1) is 5.56 Å². The number of aryl methyl sites for hydroxylation is 1. The summed E-state index contributed by atoms with van der Waals surface area (Å²) in [6, 6.07) is 22.9. The summed E-state index contributed by atoms with van der Waals surface area (Å²) in [7, 11) is 0. The van der Waals surface area contributed by atoms with Crippen molar-refractivity contribution in [1.82, 2.24) is 0 Å². The normalized spacial score (nSPS) is 10.2. The van der Waals surface area contributed by atoms with Crippen LogP contribution in [-0.4, -0.2) is 25.2 Å². The summed E-state index contributed by atoms with van der Waals surface area (Å²) in [5.41, 5.74) is 1.43. The Morgan fingerprint density at radius 3 is 2.11 bits per heavy atom. The molecule has 0 spiro atoms. The zero-order valence-electron chi connectivity index (χ0n) is 15.5. The molecule has 0 aliphatic rings. The van der Waals surface area contributed by atoms with E-state index >= 15 is 0 Å². The monoisotopic (exact) mass is 376 g/mol. The predicted octanol–water partition coefficient (Wildman–Crippen LogP) is 4.45. The van der Waals surface area contributed by atoms with Crippen LogP contribution in [0.25, 0.3) is 0 Å². The number of ether oxygens (including phenoxy) is 3. The number of rotatable bonds is 7. The number of esters is 2. The SMILES string of the molecule is Cc1ccccc1C(=O)Oc1ccccc1C(=O)OCCOc1ccccc1. The van der Waals surface area contributed by atoms with Crippen molar-refractivity contribution in [2.45, 2.75) is 6.92 Å². The number of hydrogen-bond acceptors (Lipinski definition) is 5. The maximum Gasteiger partial charge on any atom is 0.343 e. The minimum atomic E-state index is -0.579. The highest BCUT2D eigenvalue weighted by molar-refractivity contribution is 5.96. The molecule has 3 aromatic carbocycles. The smallest absolute Gasteiger partial charge is 0.343 e. The van der Waals surface area contributed by atoms with E-state index in [0.29, 0.717) is 11.3 Å². The van der Waals surface area contributed by atoms with Crippen molar-refractivity contribution < 1.29 is 23.8 Å². The van der Waals surface area contributed by atoms with Gasteiger partial charge in [-0.3, -0.25) is 0 Å².